The first-order valence-corrected chi connectivity index (χ1v) is 7.21. The number of carbonyl (C=O) groups excluding carboxylic acids is 1. The topological polar surface area (TPSA) is 67.6 Å². The quantitative estimate of drug-likeness (QED) is 0.838. The molecule has 1 atom stereocenters. The summed E-state index contributed by atoms with van der Waals surface area (Å²) in [5.41, 5.74) is 6.74. The first-order chi connectivity index (χ1) is 10.1. The normalized spacial score (nSPS) is 16.0. The molecule has 1 heterocycles. The smallest absolute Gasteiger partial charge is 0.241 e. The number of benzene rings is 1. The van der Waals surface area contributed by atoms with Gasteiger partial charge in [0, 0.05) is 32.5 Å². The maximum atomic E-state index is 14.1. The highest BCUT2D eigenvalue weighted by atomic mass is 19.1. The summed E-state index contributed by atoms with van der Waals surface area (Å²) in [6, 6.07) is 4.09. The first-order valence-electron chi connectivity index (χ1n) is 7.21. The van der Waals surface area contributed by atoms with Crippen molar-refractivity contribution in [3.63, 3.8) is 0 Å². The molecule has 2 rings (SSSR count). The lowest BCUT2D eigenvalue weighted by molar-refractivity contribution is -0.117. The third-order valence-corrected chi connectivity index (χ3v) is 3.63. The van der Waals surface area contributed by atoms with Crippen LogP contribution in [0.5, 0.6) is 0 Å². The van der Waals surface area contributed by atoms with Crippen molar-refractivity contribution in [3.05, 3.63) is 24.0 Å². The van der Waals surface area contributed by atoms with Crippen molar-refractivity contribution >= 4 is 17.3 Å². The summed E-state index contributed by atoms with van der Waals surface area (Å²) in [5.74, 6) is -0.652. The molecule has 1 aliphatic heterocycles. The minimum absolute atomic E-state index is 0.319. The number of anilines is 2. The number of hydrogen-bond donors (Lipinski definition) is 2. The molecule has 1 aliphatic rings. The van der Waals surface area contributed by atoms with Crippen LogP contribution in [-0.2, 0) is 9.53 Å². The molecule has 0 saturated carbocycles. The molecule has 0 aromatic heterocycles. The van der Waals surface area contributed by atoms with Gasteiger partial charge >= 0.3 is 0 Å². The Morgan fingerprint density at radius 3 is 2.81 bits per heavy atom. The van der Waals surface area contributed by atoms with Gasteiger partial charge in [-0.3, -0.25) is 4.79 Å². The maximum absolute atomic E-state index is 14.1. The summed E-state index contributed by atoms with van der Waals surface area (Å²) in [7, 11) is 1.55. The number of carbonyl (C=O) groups is 1. The Labute approximate surface area is 124 Å². The summed E-state index contributed by atoms with van der Waals surface area (Å²) in [6.07, 6.45) is 2.61. The number of hydrogen-bond acceptors (Lipinski definition) is 4. The van der Waals surface area contributed by atoms with Crippen molar-refractivity contribution < 1.29 is 13.9 Å². The zero-order valence-electron chi connectivity index (χ0n) is 12.3. The average Bonchev–Trinajstić information content (AvgIpc) is 2.98. The van der Waals surface area contributed by atoms with Gasteiger partial charge in [0.05, 0.1) is 11.7 Å². The van der Waals surface area contributed by atoms with Crippen LogP contribution in [0.2, 0.25) is 0 Å². The molecule has 1 unspecified atom stereocenters. The van der Waals surface area contributed by atoms with Gasteiger partial charge in [-0.15, -0.1) is 0 Å². The second kappa shape index (κ2) is 7.38. The lowest BCUT2D eigenvalue weighted by Crippen LogP contribution is -2.36. The van der Waals surface area contributed by atoms with E-state index >= 15 is 0 Å². The van der Waals surface area contributed by atoms with Gasteiger partial charge in [-0.1, -0.05) is 0 Å². The summed E-state index contributed by atoms with van der Waals surface area (Å²) in [4.78, 5) is 13.9. The lowest BCUT2D eigenvalue weighted by Gasteiger charge is -2.19. The van der Waals surface area contributed by atoms with Crippen molar-refractivity contribution in [2.24, 2.45) is 5.73 Å². The van der Waals surface area contributed by atoms with Crippen molar-refractivity contribution in [1.29, 1.82) is 0 Å². The van der Waals surface area contributed by atoms with E-state index in [4.69, 9.17) is 10.5 Å². The van der Waals surface area contributed by atoms with Crippen LogP contribution in [0.15, 0.2) is 18.2 Å². The van der Waals surface area contributed by atoms with Gasteiger partial charge in [0.2, 0.25) is 5.91 Å². The first kappa shape index (κ1) is 15.7. The summed E-state index contributed by atoms with van der Waals surface area (Å²) < 4.78 is 19.0. The fourth-order valence-corrected chi connectivity index (χ4v) is 2.41. The van der Waals surface area contributed by atoms with Crippen LogP contribution in [0, 0.1) is 5.82 Å². The number of nitrogens with two attached hydrogens (primary N) is 1. The number of halogens is 1. The maximum Gasteiger partial charge on any atom is 0.241 e. The predicted octanol–water partition coefficient (Wildman–Crippen LogP) is 1.73. The summed E-state index contributed by atoms with van der Waals surface area (Å²) in [5, 5.41) is 2.63. The SMILES string of the molecule is COCCC(N)C(=O)Nc1ccc(N2CCCC2)c(F)c1. The number of methoxy groups -OCH3 is 1. The molecule has 1 saturated heterocycles. The minimum Gasteiger partial charge on any atom is -0.385 e. The number of rotatable bonds is 6. The summed E-state index contributed by atoms with van der Waals surface area (Å²) >= 11 is 0. The molecule has 0 spiro atoms. The van der Waals surface area contributed by atoms with E-state index in [2.05, 4.69) is 5.32 Å². The second-order valence-corrected chi connectivity index (χ2v) is 5.24. The standard InChI is InChI=1S/C15H22FN3O2/c1-21-9-6-13(17)15(20)18-11-4-5-14(12(16)10-11)19-7-2-3-8-19/h4-5,10,13H,2-3,6-9,17H2,1H3,(H,18,20). The molecule has 6 heteroatoms. The molecule has 3 N–H and O–H groups in total. The Kier molecular flexibility index (Phi) is 5.52. The van der Waals surface area contributed by atoms with Crippen molar-refractivity contribution in [2.45, 2.75) is 25.3 Å². The fourth-order valence-electron chi connectivity index (χ4n) is 2.41. The minimum atomic E-state index is -0.661. The van der Waals surface area contributed by atoms with Crippen LogP contribution in [0.3, 0.4) is 0 Å². The monoisotopic (exact) mass is 295 g/mol. The van der Waals surface area contributed by atoms with E-state index in [9.17, 15) is 9.18 Å². The third kappa shape index (κ3) is 4.15. The largest absolute Gasteiger partial charge is 0.385 e. The second-order valence-electron chi connectivity index (χ2n) is 5.24. The Morgan fingerprint density at radius 2 is 2.19 bits per heavy atom. The Bertz CT molecular complexity index is 490. The molecular weight excluding hydrogens is 273 g/mol. The number of nitrogens with zero attached hydrogens (tertiary/aromatic N) is 1. The summed E-state index contributed by atoms with van der Waals surface area (Å²) in [6.45, 7) is 2.17. The number of amides is 1. The molecule has 1 aromatic carbocycles. The molecule has 0 bridgehead atoms. The zero-order chi connectivity index (χ0) is 15.2. The number of ether oxygens (including phenoxy) is 1. The van der Waals surface area contributed by atoms with Gasteiger partial charge in [-0.2, -0.15) is 0 Å². The molecule has 116 valence electrons. The van der Waals surface area contributed by atoms with Crippen molar-refractivity contribution in [2.75, 3.05) is 37.0 Å². The fraction of sp³-hybridized carbons (Fsp3) is 0.533. The highest BCUT2D eigenvalue weighted by Crippen LogP contribution is 2.26. The van der Waals surface area contributed by atoms with E-state index in [0.717, 1.165) is 25.9 Å². The third-order valence-electron chi connectivity index (χ3n) is 3.63. The molecule has 0 radical (unpaired) electrons. The lowest BCUT2D eigenvalue weighted by atomic mass is 10.2. The van der Waals surface area contributed by atoms with Gasteiger partial charge < -0.3 is 20.7 Å². The molecule has 21 heavy (non-hydrogen) atoms. The molecule has 1 aromatic rings. The molecule has 0 aliphatic carbocycles. The zero-order valence-corrected chi connectivity index (χ0v) is 12.3. The van der Waals surface area contributed by atoms with E-state index in [-0.39, 0.29) is 11.7 Å². The van der Waals surface area contributed by atoms with E-state index in [1.54, 1.807) is 19.2 Å². The van der Waals surface area contributed by atoms with Crippen LogP contribution in [0.25, 0.3) is 0 Å². The van der Waals surface area contributed by atoms with Crippen LogP contribution in [0.1, 0.15) is 19.3 Å². The van der Waals surface area contributed by atoms with Crippen LogP contribution in [-0.4, -0.2) is 38.8 Å². The van der Waals surface area contributed by atoms with E-state index in [0.29, 0.717) is 24.4 Å². The van der Waals surface area contributed by atoms with Gasteiger partial charge in [-0.25, -0.2) is 4.39 Å². The van der Waals surface area contributed by atoms with Gasteiger partial charge in [-0.05, 0) is 37.5 Å². The van der Waals surface area contributed by atoms with Crippen LogP contribution >= 0.6 is 0 Å². The highest BCUT2D eigenvalue weighted by Gasteiger charge is 2.18. The highest BCUT2D eigenvalue weighted by molar-refractivity contribution is 5.94. The van der Waals surface area contributed by atoms with Crippen molar-refractivity contribution in [3.8, 4) is 0 Å². The van der Waals surface area contributed by atoms with Gasteiger partial charge in [0.15, 0.2) is 0 Å². The van der Waals surface area contributed by atoms with Gasteiger partial charge in [0.25, 0.3) is 0 Å². The van der Waals surface area contributed by atoms with Crippen LogP contribution in [0.4, 0.5) is 15.8 Å². The Morgan fingerprint density at radius 1 is 1.48 bits per heavy atom. The van der Waals surface area contributed by atoms with E-state index in [1.807, 2.05) is 4.90 Å². The molecule has 1 amide bonds. The Hall–Kier alpha value is -1.66. The molecular formula is C15H22FN3O2. The molecule has 1 fully saturated rings. The van der Waals surface area contributed by atoms with E-state index in [1.165, 1.54) is 6.07 Å². The van der Waals surface area contributed by atoms with Crippen molar-refractivity contribution in [1.82, 2.24) is 0 Å². The number of nitrogens with one attached hydrogen (secondary N) is 1. The predicted molar refractivity (Wildman–Crippen MR) is 80.9 cm³/mol. The van der Waals surface area contributed by atoms with Gasteiger partial charge in [0.1, 0.15) is 5.82 Å². The van der Waals surface area contributed by atoms with E-state index < -0.39 is 6.04 Å². The van der Waals surface area contributed by atoms with Crippen LogP contribution < -0.4 is 16.0 Å². The molecule has 5 nitrogen and oxygen atoms in total. The average molecular weight is 295 g/mol. The Balaban J connectivity index is 1.98.